The van der Waals surface area contributed by atoms with Gasteiger partial charge in [-0.25, -0.2) is 0 Å². The molecule has 0 spiro atoms. The number of rotatable bonds is 12. The van der Waals surface area contributed by atoms with Crippen LogP contribution < -0.4 is 4.74 Å². The Balaban J connectivity index is 2.06. The Labute approximate surface area is 192 Å². The van der Waals surface area contributed by atoms with E-state index in [4.69, 9.17) is 4.74 Å². The van der Waals surface area contributed by atoms with Gasteiger partial charge in [0.25, 0.3) is 0 Å². The van der Waals surface area contributed by atoms with Gasteiger partial charge in [0.05, 0.1) is 12.7 Å². The summed E-state index contributed by atoms with van der Waals surface area (Å²) in [5.41, 5.74) is 5.29. The summed E-state index contributed by atoms with van der Waals surface area (Å²) in [5.74, 6) is 1.07. The van der Waals surface area contributed by atoms with Gasteiger partial charge < -0.3 is 20.1 Å². The molecule has 0 amide bonds. The highest BCUT2D eigenvalue weighted by Crippen LogP contribution is 2.27. The highest BCUT2D eigenvalue weighted by atomic mass is 16.5. The molecular weight excluding hydrogens is 400 g/mol. The van der Waals surface area contributed by atoms with Crippen molar-refractivity contribution in [3.63, 3.8) is 0 Å². The van der Waals surface area contributed by atoms with Crippen molar-refractivity contribution in [1.82, 2.24) is 0 Å². The molecule has 0 aliphatic heterocycles. The maximum atomic E-state index is 10.9. The van der Waals surface area contributed by atoms with Crippen LogP contribution in [-0.4, -0.2) is 34.6 Å². The quantitative estimate of drug-likeness (QED) is 0.363. The second-order valence-corrected chi connectivity index (χ2v) is 8.16. The first-order chi connectivity index (χ1) is 15.3. The Kier molecular flexibility index (Phi) is 10.3. The summed E-state index contributed by atoms with van der Waals surface area (Å²) in [5, 5.41) is 30.3. The van der Waals surface area contributed by atoms with Crippen LogP contribution in [0.15, 0.2) is 71.8 Å². The summed E-state index contributed by atoms with van der Waals surface area (Å²) < 4.78 is 5.76. The van der Waals surface area contributed by atoms with Gasteiger partial charge >= 0.3 is 0 Å². The number of para-hydroxylation sites is 1. The molecule has 172 valence electrons. The van der Waals surface area contributed by atoms with E-state index in [1.165, 1.54) is 5.57 Å². The summed E-state index contributed by atoms with van der Waals surface area (Å²) in [6.07, 6.45) is 6.22. The van der Waals surface area contributed by atoms with E-state index in [1.54, 1.807) is 6.08 Å². The molecule has 0 fully saturated rings. The maximum absolute atomic E-state index is 10.9. The average Bonchev–Trinajstić information content (AvgIpc) is 2.78. The minimum Gasteiger partial charge on any atom is -0.507 e. The fraction of sp³-hybridized carbons (Fsp3) is 0.357. The van der Waals surface area contributed by atoms with E-state index < -0.39 is 6.10 Å². The van der Waals surface area contributed by atoms with E-state index >= 15 is 0 Å². The van der Waals surface area contributed by atoms with Crippen molar-refractivity contribution in [2.24, 2.45) is 0 Å². The molecule has 2 rings (SSSR count). The molecule has 2 aromatic rings. The molecule has 1 atom stereocenters. The van der Waals surface area contributed by atoms with Crippen LogP contribution in [-0.2, 0) is 0 Å². The molecule has 0 saturated carbocycles. The third kappa shape index (κ3) is 7.70. The number of hydrogen-bond acceptors (Lipinski definition) is 4. The molecule has 4 nitrogen and oxygen atoms in total. The lowest BCUT2D eigenvalue weighted by atomic mass is 9.93. The standard InChI is InChI=1S/C28H36O4/c1-5-9-23(18-24-16-20(2)28(31)21(3)17-24)12-13-27(30)26(14-15-29)22(4)19-32-25-10-7-6-8-11-25/h6-8,10-11,14,16-18,27,29-31H,4-5,9,12-13,15,19H2,1-3H3/b23-18+,26-14-. The van der Waals surface area contributed by atoms with Gasteiger partial charge in [0, 0.05) is 0 Å². The van der Waals surface area contributed by atoms with Crippen LogP contribution >= 0.6 is 0 Å². The number of allylic oxidation sites excluding steroid dienone is 1. The zero-order valence-electron chi connectivity index (χ0n) is 19.5. The highest BCUT2D eigenvalue weighted by molar-refractivity contribution is 5.58. The third-order valence-electron chi connectivity index (χ3n) is 5.43. The van der Waals surface area contributed by atoms with Crippen LogP contribution in [0, 0.1) is 13.8 Å². The first-order valence-electron chi connectivity index (χ1n) is 11.2. The molecule has 4 heteroatoms. The van der Waals surface area contributed by atoms with E-state index in [2.05, 4.69) is 19.6 Å². The maximum Gasteiger partial charge on any atom is 0.121 e. The Morgan fingerprint density at radius 3 is 2.34 bits per heavy atom. The van der Waals surface area contributed by atoms with Crippen LogP contribution in [0.3, 0.4) is 0 Å². The second kappa shape index (κ2) is 12.9. The number of phenols is 1. The first-order valence-corrected chi connectivity index (χ1v) is 11.2. The Morgan fingerprint density at radius 1 is 1.09 bits per heavy atom. The molecule has 1 unspecified atom stereocenters. The molecule has 2 aromatic carbocycles. The fourth-order valence-electron chi connectivity index (χ4n) is 3.76. The normalized spacial score (nSPS) is 13.2. The number of hydrogen-bond donors (Lipinski definition) is 3. The van der Waals surface area contributed by atoms with Crippen molar-refractivity contribution >= 4 is 6.08 Å². The minimum absolute atomic E-state index is 0.166. The van der Waals surface area contributed by atoms with Gasteiger partial charge in [-0.15, -0.1) is 0 Å². The van der Waals surface area contributed by atoms with Crippen molar-refractivity contribution in [3.05, 3.63) is 88.5 Å². The van der Waals surface area contributed by atoms with Gasteiger partial charge in [-0.05, 0) is 85.2 Å². The number of benzene rings is 2. The number of aryl methyl sites for hydroxylation is 2. The van der Waals surface area contributed by atoms with E-state index in [-0.39, 0.29) is 13.2 Å². The van der Waals surface area contributed by atoms with Crippen molar-refractivity contribution in [3.8, 4) is 11.5 Å². The van der Waals surface area contributed by atoms with Gasteiger partial charge in [-0.1, -0.05) is 55.8 Å². The summed E-state index contributed by atoms with van der Waals surface area (Å²) in [4.78, 5) is 0. The highest BCUT2D eigenvalue weighted by Gasteiger charge is 2.15. The zero-order valence-corrected chi connectivity index (χ0v) is 19.5. The van der Waals surface area contributed by atoms with Gasteiger partial charge in [0.15, 0.2) is 0 Å². The summed E-state index contributed by atoms with van der Waals surface area (Å²) >= 11 is 0. The lowest BCUT2D eigenvalue weighted by molar-refractivity contribution is 0.198. The predicted molar refractivity (Wildman–Crippen MR) is 132 cm³/mol. The van der Waals surface area contributed by atoms with E-state index in [0.717, 1.165) is 41.7 Å². The fourth-order valence-corrected chi connectivity index (χ4v) is 3.76. The van der Waals surface area contributed by atoms with Crippen molar-refractivity contribution in [2.75, 3.05) is 13.2 Å². The molecule has 0 saturated heterocycles. The van der Waals surface area contributed by atoms with E-state index in [9.17, 15) is 15.3 Å². The topological polar surface area (TPSA) is 69.9 Å². The van der Waals surface area contributed by atoms with Gasteiger partial charge in [0.1, 0.15) is 18.1 Å². The monoisotopic (exact) mass is 436 g/mol. The van der Waals surface area contributed by atoms with Gasteiger partial charge in [-0.3, -0.25) is 0 Å². The molecule has 0 aliphatic carbocycles. The zero-order chi connectivity index (χ0) is 23.5. The molecule has 3 N–H and O–H groups in total. The second-order valence-electron chi connectivity index (χ2n) is 8.16. The Morgan fingerprint density at radius 2 is 1.75 bits per heavy atom. The molecule has 0 aliphatic rings. The van der Waals surface area contributed by atoms with Gasteiger partial charge in [-0.2, -0.15) is 0 Å². The minimum atomic E-state index is -0.738. The van der Waals surface area contributed by atoms with Crippen molar-refractivity contribution in [2.45, 2.75) is 52.6 Å². The number of aliphatic hydroxyl groups is 2. The van der Waals surface area contributed by atoms with E-state index in [1.807, 2.05) is 56.3 Å². The van der Waals surface area contributed by atoms with Crippen molar-refractivity contribution in [1.29, 1.82) is 0 Å². The summed E-state index contributed by atoms with van der Waals surface area (Å²) in [7, 11) is 0. The molecule has 0 aromatic heterocycles. The predicted octanol–water partition coefficient (Wildman–Crippen LogP) is 5.89. The number of ether oxygens (including phenoxy) is 1. The molecular formula is C28H36O4. The average molecular weight is 437 g/mol. The van der Waals surface area contributed by atoms with E-state index in [0.29, 0.717) is 23.3 Å². The van der Waals surface area contributed by atoms with Crippen LogP contribution in [0.2, 0.25) is 0 Å². The Hall–Kier alpha value is -2.82. The van der Waals surface area contributed by atoms with Crippen molar-refractivity contribution < 1.29 is 20.1 Å². The largest absolute Gasteiger partial charge is 0.507 e. The van der Waals surface area contributed by atoms with Crippen LogP contribution in [0.1, 0.15) is 49.3 Å². The smallest absolute Gasteiger partial charge is 0.121 e. The first kappa shape index (κ1) is 25.4. The molecule has 0 radical (unpaired) electrons. The number of aliphatic hydroxyl groups excluding tert-OH is 2. The molecule has 0 heterocycles. The lowest BCUT2D eigenvalue weighted by Gasteiger charge is -2.19. The summed E-state index contributed by atoms with van der Waals surface area (Å²) in [6.45, 7) is 10.1. The summed E-state index contributed by atoms with van der Waals surface area (Å²) in [6, 6.07) is 13.4. The van der Waals surface area contributed by atoms with Gasteiger partial charge in [0.2, 0.25) is 0 Å². The molecule has 32 heavy (non-hydrogen) atoms. The van der Waals surface area contributed by atoms with Crippen LogP contribution in [0.4, 0.5) is 0 Å². The lowest BCUT2D eigenvalue weighted by Crippen LogP contribution is -2.16. The SMILES string of the molecule is C=C(COc1ccccc1)/C(=C/CO)C(O)CC/C(=C/c1cc(C)c(O)c(C)c1)CCC. The number of aromatic hydroxyl groups is 1. The number of phenolic OH excluding ortho intramolecular Hbond substituents is 1. The Bertz CT molecular complexity index is 918. The van der Waals surface area contributed by atoms with Crippen LogP contribution in [0.25, 0.3) is 6.08 Å². The van der Waals surface area contributed by atoms with Crippen LogP contribution in [0.5, 0.6) is 11.5 Å². The third-order valence-corrected chi connectivity index (χ3v) is 5.43. The molecule has 0 bridgehead atoms.